The van der Waals surface area contributed by atoms with Crippen molar-refractivity contribution < 1.29 is 0 Å². The molecule has 0 nitrogen and oxygen atoms in total. The average Bonchev–Trinajstić information content (AvgIpc) is 2.95. The summed E-state index contributed by atoms with van der Waals surface area (Å²) in [5.41, 5.74) is 0. The van der Waals surface area contributed by atoms with Crippen molar-refractivity contribution in [3.8, 4) is 0 Å². The molecule has 0 heterocycles. The van der Waals surface area contributed by atoms with Gasteiger partial charge in [-0.25, -0.2) is 0 Å². The topological polar surface area (TPSA) is 0 Å². The van der Waals surface area contributed by atoms with Crippen LogP contribution in [0.4, 0.5) is 0 Å². The largest absolute Gasteiger partial charge is 0.0654 e. The van der Waals surface area contributed by atoms with E-state index >= 15 is 0 Å². The van der Waals surface area contributed by atoms with Gasteiger partial charge in [-0.1, -0.05) is 154 Å². The fraction of sp³-hybridized carbons (Fsp3) is 0.294. The minimum atomic E-state index is -0.392. The van der Waals surface area contributed by atoms with Crippen LogP contribution in [0.25, 0.3) is 0 Å². The van der Waals surface area contributed by atoms with Crippen LogP contribution in [0.15, 0.2) is 121 Å². The van der Waals surface area contributed by atoms with Gasteiger partial charge in [-0.2, -0.15) is 0 Å². The van der Waals surface area contributed by atoms with Crippen molar-refractivity contribution in [2.45, 2.75) is 39.5 Å². The zero-order valence-corrected chi connectivity index (χ0v) is 23.6. The molecule has 0 amide bonds. The van der Waals surface area contributed by atoms with E-state index < -0.39 is 15.8 Å². The first-order valence-electron chi connectivity index (χ1n) is 13.5. The van der Waals surface area contributed by atoms with Crippen LogP contribution in [0.5, 0.6) is 0 Å². The molecule has 0 aliphatic rings. The molecule has 0 aromatic heterocycles. The highest BCUT2D eigenvalue weighted by molar-refractivity contribution is 7.74. The molecule has 0 aliphatic heterocycles. The summed E-state index contributed by atoms with van der Waals surface area (Å²) in [6, 6.07) is 45.2. The summed E-state index contributed by atoms with van der Waals surface area (Å²) < 4.78 is 0. The SMILES string of the molecule is CCCCC(C)CC(CP(c1ccccc1)c1ccccc1)CP(c1ccccc1)c1ccccc1. The zero-order chi connectivity index (χ0) is 25.0. The molecule has 2 heteroatoms. The lowest BCUT2D eigenvalue weighted by molar-refractivity contribution is 0.410. The van der Waals surface area contributed by atoms with Gasteiger partial charge in [0.05, 0.1) is 0 Å². The predicted molar refractivity (Wildman–Crippen MR) is 165 cm³/mol. The molecule has 1 atom stereocenters. The maximum absolute atomic E-state index is 2.49. The normalized spacial score (nSPS) is 12.4. The van der Waals surface area contributed by atoms with Gasteiger partial charge < -0.3 is 0 Å². The molecule has 4 aromatic carbocycles. The van der Waals surface area contributed by atoms with Crippen molar-refractivity contribution in [1.29, 1.82) is 0 Å². The van der Waals surface area contributed by atoms with E-state index in [0.717, 1.165) is 5.92 Å². The Morgan fingerprint density at radius 1 is 0.528 bits per heavy atom. The Morgan fingerprint density at radius 3 is 1.17 bits per heavy atom. The summed E-state index contributed by atoms with van der Waals surface area (Å²) in [5.74, 6) is 1.46. The summed E-state index contributed by atoms with van der Waals surface area (Å²) in [6.45, 7) is 4.81. The highest BCUT2D eigenvalue weighted by Gasteiger charge is 2.25. The molecule has 4 aromatic rings. The van der Waals surface area contributed by atoms with E-state index in [9.17, 15) is 0 Å². The number of hydrogen-bond acceptors (Lipinski definition) is 0. The van der Waals surface area contributed by atoms with E-state index in [1.165, 1.54) is 59.2 Å². The van der Waals surface area contributed by atoms with Crippen molar-refractivity contribution in [3.05, 3.63) is 121 Å². The summed E-state index contributed by atoms with van der Waals surface area (Å²) >= 11 is 0. The summed E-state index contributed by atoms with van der Waals surface area (Å²) in [7, 11) is -0.784. The molecule has 36 heavy (non-hydrogen) atoms. The van der Waals surface area contributed by atoms with Gasteiger partial charge in [0.15, 0.2) is 0 Å². The minimum absolute atomic E-state index is 0.392. The number of benzene rings is 4. The average molecular weight is 511 g/mol. The second-order valence-electron chi connectivity index (χ2n) is 9.91. The lowest BCUT2D eigenvalue weighted by Crippen LogP contribution is -2.25. The Hall–Kier alpha value is -2.26. The Bertz CT molecular complexity index is 949. The standard InChI is InChI=1S/C34H40P2/c1-3-4-17-29(2)26-30(27-35(31-18-9-5-10-19-31)32-20-11-6-12-21-32)28-36(33-22-13-7-14-23-33)34-24-15-8-16-25-34/h5-16,18-25,29-30H,3-4,17,26-28H2,1-2H3. The molecule has 0 saturated carbocycles. The van der Waals surface area contributed by atoms with Gasteiger partial charge in [0.25, 0.3) is 0 Å². The Morgan fingerprint density at radius 2 is 0.861 bits per heavy atom. The van der Waals surface area contributed by atoms with Crippen molar-refractivity contribution in [3.63, 3.8) is 0 Å². The van der Waals surface area contributed by atoms with Crippen LogP contribution >= 0.6 is 15.8 Å². The van der Waals surface area contributed by atoms with Crippen LogP contribution in [0.1, 0.15) is 39.5 Å². The molecular formula is C34H40P2. The monoisotopic (exact) mass is 510 g/mol. The second-order valence-corrected chi connectivity index (χ2v) is 14.4. The lowest BCUT2D eigenvalue weighted by Gasteiger charge is -2.30. The number of hydrogen-bond donors (Lipinski definition) is 0. The fourth-order valence-corrected chi connectivity index (χ4v) is 10.5. The molecule has 0 spiro atoms. The Balaban J connectivity index is 1.67. The zero-order valence-electron chi connectivity index (χ0n) is 21.8. The van der Waals surface area contributed by atoms with Gasteiger partial charge in [0.2, 0.25) is 0 Å². The molecule has 4 rings (SSSR count). The first-order chi connectivity index (χ1) is 17.7. The Kier molecular flexibility index (Phi) is 10.8. The molecule has 0 N–H and O–H groups in total. The molecule has 0 aliphatic carbocycles. The minimum Gasteiger partial charge on any atom is -0.0654 e. The smallest absolute Gasteiger partial charge is 0.0195 e. The van der Waals surface area contributed by atoms with Crippen molar-refractivity contribution >= 4 is 37.1 Å². The van der Waals surface area contributed by atoms with Gasteiger partial charge in [-0.05, 0) is 67.6 Å². The highest BCUT2D eigenvalue weighted by Crippen LogP contribution is 2.44. The third kappa shape index (κ3) is 7.87. The van der Waals surface area contributed by atoms with E-state index in [2.05, 4.69) is 135 Å². The third-order valence-corrected chi connectivity index (χ3v) is 12.4. The molecular weight excluding hydrogens is 470 g/mol. The van der Waals surface area contributed by atoms with E-state index in [0.29, 0.717) is 5.92 Å². The van der Waals surface area contributed by atoms with Gasteiger partial charge >= 0.3 is 0 Å². The van der Waals surface area contributed by atoms with Gasteiger partial charge in [0.1, 0.15) is 0 Å². The van der Waals surface area contributed by atoms with Crippen molar-refractivity contribution in [1.82, 2.24) is 0 Å². The van der Waals surface area contributed by atoms with E-state index in [-0.39, 0.29) is 0 Å². The van der Waals surface area contributed by atoms with Crippen LogP contribution in [-0.2, 0) is 0 Å². The quantitative estimate of drug-likeness (QED) is 0.160. The van der Waals surface area contributed by atoms with Gasteiger partial charge in [0, 0.05) is 0 Å². The number of unbranched alkanes of at least 4 members (excludes halogenated alkanes) is 1. The van der Waals surface area contributed by atoms with Crippen LogP contribution in [0.3, 0.4) is 0 Å². The first-order valence-corrected chi connectivity index (χ1v) is 16.5. The van der Waals surface area contributed by atoms with E-state index in [1.807, 2.05) is 0 Å². The second kappa shape index (κ2) is 14.5. The molecule has 0 bridgehead atoms. The van der Waals surface area contributed by atoms with Gasteiger partial charge in [-0.15, -0.1) is 0 Å². The van der Waals surface area contributed by atoms with Crippen LogP contribution in [-0.4, -0.2) is 12.3 Å². The maximum atomic E-state index is 2.49. The van der Waals surface area contributed by atoms with E-state index in [4.69, 9.17) is 0 Å². The molecule has 186 valence electrons. The van der Waals surface area contributed by atoms with Crippen LogP contribution in [0.2, 0.25) is 0 Å². The molecule has 1 unspecified atom stereocenters. The summed E-state index contributed by atoms with van der Waals surface area (Å²) in [5, 5.41) is 6.03. The highest BCUT2D eigenvalue weighted by atomic mass is 31.1. The fourth-order valence-electron chi connectivity index (χ4n) is 5.11. The molecule has 0 saturated heterocycles. The third-order valence-electron chi connectivity index (χ3n) is 6.94. The molecule has 0 radical (unpaired) electrons. The van der Waals surface area contributed by atoms with E-state index in [1.54, 1.807) is 0 Å². The Labute approximate surface area is 221 Å². The van der Waals surface area contributed by atoms with Gasteiger partial charge in [-0.3, -0.25) is 0 Å². The predicted octanol–water partition coefficient (Wildman–Crippen LogP) is 8.08. The maximum Gasteiger partial charge on any atom is -0.0195 e. The summed E-state index contributed by atoms with van der Waals surface area (Å²) in [6.07, 6.45) is 7.81. The lowest BCUT2D eigenvalue weighted by atomic mass is 9.94. The van der Waals surface area contributed by atoms with Crippen LogP contribution < -0.4 is 21.2 Å². The molecule has 0 fully saturated rings. The first kappa shape index (κ1) is 26.8. The number of rotatable bonds is 13. The van der Waals surface area contributed by atoms with Crippen molar-refractivity contribution in [2.75, 3.05) is 12.3 Å². The van der Waals surface area contributed by atoms with Crippen molar-refractivity contribution in [2.24, 2.45) is 11.8 Å². The summed E-state index contributed by atoms with van der Waals surface area (Å²) in [4.78, 5) is 0. The van der Waals surface area contributed by atoms with Crippen LogP contribution in [0, 0.1) is 11.8 Å².